The van der Waals surface area contributed by atoms with Crippen LogP contribution in [0, 0.1) is 0 Å². The molecule has 7 nitrogen and oxygen atoms in total. The van der Waals surface area contributed by atoms with E-state index >= 15 is 0 Å². The molecule has 1 saturated heterocycles. The fourth-order valence-corrected chi connectivity index (χ4v) is 5.44. The number of hydrogen-bond donors (Lipinski definition) is 0. The van der Waals surface area contributed by atoms with Crippen LogP contribution in [0.25, 0.3) is 10.2 Å². The molecule has 0 N–H and O–H groups in total. The van der Waals surface area contributed by atoms with Crippen LogP contribution in [-0.4, -0.2) is 56.3 Å². The topological polar surface area (TPSA) is 85.8 Å². The van der Waals surface area contributed by atoms with Gasteiger partial charge in [-0.1, -0.05) is 30.4 Å². The molecule has 0 aliphatic carbocycles. The van der Waals surface area contributed by atoms with Crippen molar-refractivity contribution in [3.63, 3.8) is 0 Å². The number of thiazole rings is 1. The van der Waals surface area contributed by atoms with E-state index in [1.807, 2.05) is 23.1 Å². The lowest BCUT2D eigenvalue weighted by atomic mass is 10.1. The van der Waals surface area contributed by atoms with E-state index in [0.29, 0.717) is 23.2 Å². The molecule has 1 aliphatic heterocycles. The number of sulfone groups is 1. The van der Waals surface area contributed by atoms with Gasteiger partial charge in [-0.15, -0.1) is 0 Å². The summed E-state index contributed by atoms with van der Waals surface area (Å²) in [7, 11) is -1.60. The normalized spacial score (nSPS) is 15.1. The molecule has 0 saturated carbocycles. The number of nitrogens with zero attached hydrogens (tertiary/aromatic N) is 2. The van der Waals surface area contributed by atoms with E-state index < -0.39 is 9.84 Å². The molecule has 2 aromatic carbocycles. The molecule has 0 unspecified atom stereocenters. The van der Waals surface area contributed by atoms with Crippen molar-refractivity contribution in [2.24, 2.45) is 0 Å². The van der Waals surface area contributed by atoms with Crippen LogP contribution in [0.15, 0.2) is 47.4 Å². The molecule has 2 heterocycles. The highest BCUT2D eigenvalue weighted by molar-refractivity contribution is 7.91. The van der Waals surface area contributed by atoms with Gasteiger partial charge in [0, 0.05) is 32.0 Å². The number of fused-ring (bicyclic) bond motifs is 1. The summed E-state index contributed by atoms with van der Waals surface area (Å²) in [5, 5.41) is 0.639. The number of benzene rings is 2. The predicted molar refractivity (Wildman–Crippen MR) is 124 cm³/mol. The smallest absolute Gasteiger partial charge is 0.274 e. The van der Waals surface area contributed by atoms with E-state index in [1.165, 1.54) is 11.3 Å². The third-order valence-electron chi connectivity index (χ3n) is 5.66. The summed E-state index contributed by atoms with van der Waals surface area (Å²) in [6.45, 7) is 2.88. The molecule has 1 amide bonds. The number of methoxy groups -OCH3 is 1. The van der Waals surface area contributed by atoms with Gasteiger partial charge in [0.2, 0.25) is 5.91 Å². The maximum Gasteiger partial charge on any atom is 0.274 e. The second-order valence-electron chi connectivity index (χ2n) is 7.74. The number of amides is 1. The highest BCUT2D eigenvalue weighted by atomic mass is 32.2. The maximum absolute atomic E-state index is 12.7. The van der Waals surface area contributed by atoms with E-state index in [2.05, 4.69) is 4.98 Å². The van der Waals surface area contributed by atoms with Crippen molar-refractivity contribution >= 4 is 37.3 Å². The molecule has 4 rings (SSSR count). The van der Waals surface area contributed by atoms with Gasteiger partial charge in [-0.3, -0.25) is 4.79 Å². The Morgan fingerprint density at radius 2 is 1.88 bits per heavy atom. The molecule has 32 heavy (non-hydrogen) atoms. The molecule has 170 valence electrons. The van der Waals surface area contributed by atoms with Gasteiger partial charge in [-0.2, -0.15) is 0 Å². The Labute approximate surface area is 191 Å². The fraction of sp³-hybridized carbons (Fsp3) is 0.391. The first-order chi connectivity index (χ1) is 15.4. The summed E-state index contributed by atoms with van der Waals surface area (Å²) in [6, 6.07) is 12.4. The first-order valence-electron chi connectivity index (χ1n) is 10.6. The highest BCUT2D eigenvalue weighted by Gasteiger charge is 2.25. The standard InChI is InChI=1S/C23H26N2O5S2/c1-3-32(27,28)19-7-4-16(5-8-19)14-22(26)25-12-10-17(11-13-25)30-23-24-20-15-18(29-2)6-9-21(20)31-23/h4-9,15,17H,3,10-14H2,1-2H3. The van der Waals surface area contributed by atoms with Gasteiger partial charge >= 0.3 is 0 Å². The van der Waals surface area contributed by atoms with Crippen LogP contribution in [-0.2, 0) is 21.1 Å². The molecule has 9 heteroatoms. The van der Waals surface area contributed by atoms with Crippen LogP contribution < -0.4 is 9.47 Å². The SMILES string of the molecule is CCS(=O)(=O)c1ccc(CC(=O)N2CCC(Oc3nc4cc(OC)ccc4s3)CC2)cc1. The van der Waals surface area contributed by atoms with Crippen molar-refractivity contribution in [3.05, 3.63) is 48.0 Å². The number of ether oxygens (including phenoxy) is 2. The van der Waals surface area contributed by atoms with Gasteiger partial charge in [0.05, 0.1) is 34.4 Å². The molecule has 0 spiro atoms. The Kier molecular flexibility index (Phi) is 6.66. The van der Waals surface area contributed by atoms with E-state index in [-0.39, 0.29) is 24.2 Å². The van der Waals surface area contributed by atoms with Gasteiger partial charge in [-0.05, 0) is 29.8 Å². The third kappa shape index (κ3) is 5.05. The molecule has 3 aromatic rings. The molecule has 0 bridgehead atoms. The Balaban J connectivity index is 1.30. The van der Waals surface area contributed by atoms with Crippen molar-refractivity contribution in [2.75, 3.05) is 26.0 Å². The van der Waals surface area contributed by atoms with Crippen molar-refractivity contribution in [1.29, 1.82) is 0 Å². The van der Waals surface area contributed by atoms with Gasteiger partial charge in [0.15, 0.2) is 9.84 Å². The lowest BCUT2D eigenvalue weighted by Gasteiger charge is -2.31. The van der Waals surface area contributed by atoms with Crippen LogP contribution in [0.3, 0.4) is 0 Å². The maximum atomic E-state index is 12.7. The van der Waals surface area contributed by atoms with Gasteiger partial charge in [0.25, 0.3) is 5.19 Å². The Morgan fingerprint density at radius 3 is 2.53 bits per heavy atom. The van der Waals surface area contributed by atoms with Crippen LogP contribution in [0.2, 0.25) is 0 Å². The number of likely N-dealkylation sites (tertiary alicyclic amines) is 1. The van der Waals surface area contributed by atoms with Crippen molar-refractivity contribution in [2.45, 2.75) is 37.2 Å². The Morgan fingerprint density at radius 1 is 1.16 bits per heavy atom. The lowest BCUT2D eigenvalue weighted by molar-refractivity contribution is -0.132. The predicted octanol–water partition coefficient (Wildman–Crippen LogP) is 3.71. The average Bonchev–Trinajstić information content (AvgIpc) is 3.21. The minimum absolute atomic E-state index is 0.0278. The Bertz CT molecular complexity index is 1200. The van der Waals surface area contributed by atoms with Gasteiger partial charge in [-0.25, -0.2) is 13.4 Å². The second kappa shape index (κ2) is 9.46. The molecule has 0 radical (unpaired) electrons. The van der Waals surface area contributed by atoms with E-state index in [9.17, 15) is 13.2 Å². The summed E-state index contributed by atoms with van der Waals surface area (Å²) in [5.74, 6) is 0.873. The lowest BCUT2D eigenvalue weighted by Crippen LogP contribution is -2.42. The molecule has 1 fully saturated rings. The van der Waals surface area contributed by atoms with E-state index in [4.69, 9.17) is 9.47 Å². The van der Waals surface area contributed by atoms with Crippen LogP contribution in [0.5, 0.6) is 10.9 Å². The van der Waals surface area contributed by atoms with E-state index in [0.717, 1.165) is 34.4 Å². The number of carbonyl (C=O) groups excluding carboxylic acids is 1. The first kappa shape index (κ1) is 22.5. The molecule has 0 atom stereocenters. The Hall–Kier alpha value is -2.65. The van der Waals surface area contributed by atoms with E-state index in [1.54, 1.807) is 38.3 Å². The molecule has 1 aromatic heterocycles. The zero-order chi connectivity index (χ0) is 22.7. The van der Waals surface area contributed by atoms with Gasteiger partial charge in [0.1, 0.15) is 11.9 Å². The number of hydrogen-bond acceptors (Lipinski definition) is 7. The minimum atomic E-state index is -3.23. The third-order valence-corrected chi connectivity index (χ3v) is 8.33. The number of carbonyl (C=O) groups is 1. The first-order valence-corrected chi connectivity index (χ1v) is 13.1. The summed E-state index contributed by atoms with van der Waals surface area (Å²) < 4.78 is 36.2. The second-order valence-corrected chi connectivity index (χ2v) is 11.0. The van der Waals surface area contributed by atoms with Crippen molar-refractivity contribution in [3.8, 4) is 10.9 Å². The molecular weight excluding hydrogens is 448 g/mol. The summed E-state index contributed by atoms with van der Waals surface area (Å²) in [4.78, 5) is 19.4. The zero-order valence-electron chi connectivity index (χ0n) is 18.1. The van der Waals surface area contributed by atoms with Gasteiger partial charge < -0.3 is 14.4 Å². The monoisotopic (exact) mass is 474 g/mol. The summed E-state index contributed by atoms with van der Waals surface area (Å²) in [6.07, 6.45) is 1.79. The van der Waals surface area contributed by atoms with Crippen LogP contribution in [0.1, 0.15) is 25.3 Å². The largest absolute Gasteiger partial charge is 0.497 e. The number of piperidine rings is 1. The fourth-order valence-electron chi connectivity index (χ4n) is 3.70. The quantitative estimate of drug-likeness (QED) is 0.519. The average molecular weight is 475 g/mol. The van der Waals surface area contributed by atoms with Crippen LogP contribution in [0.4, 0.5) is 0 Å². The summed E-state index contributed by atoms with van der Waals surface area (Å²) in [5.41, 5.74) is 1.67. The van der Waals surface area contributed by atoms with Crippen LogP contribution >= 0.6 is 11.3 Å². The molecule has 1 aliphatic rings. The highest BCUT2D eigenvalue weighted by Crippen LogP contribution is 2.32. The number of rotatable bonds is 7. The number of aromatic nitrogens is 1. The molecular formula is C23H26N2O5S2. The summed E-state index contributed by atoms with van der Waals surface area (Å²) >= 11 is 1.51. The zero-order valence-corrected chi connectivity index (χ0v) is 19.7. The van der Waals surface area contributed by atoms with Crippen molar-refractivity contribution in [1.82, 2.24) is 9.88 Å². The van der Waals surface area contributed by atoms with Crippen molar-refractivity contribution < 1.29 is 22.7 Å². The minimum Gasteiger partial charge on any atom is -0.497 e.